The zero-order chi connectivity index (χ0) is 5.98. The first kappa shape index (κ1) is 9.44. The molecule has 0 saturated heterocycles. The summed E-state index contributed by atoms with van der Waals surface area (Å²) >= 11 is 8.24. The summed E-state index contributed by atoms with van der Waals surface area (Å²) in [7, 11) is 0. The zero-order valence-corrected chi connectivity index (χ0v) is 7.24. The van der Waals surface area contributed by atoms with Gasteiger partial charge in [-0.25, -0.2) is 0 Å². The van der Waals surface area contributed by atoms with Crippen LogP contribution in [0.4, 0.5) is 0 Å². The van der Waals surface area contributed by atoms with Crippen molar-refractivity contribution in [1.29, 1.82) is 0 Å². The van der Waals surface area contributed by atoms with Crippen LogP contribution in [0.25, 0.3) is 0 Å². The van der Waals surface area contributed by atoms with Gasteiger partial charge in [0.2, 0.25) is 0 Å². The summed E-state index contributed by atoms with van der Waals surface area (Å²) in [6.07, 6.45) is 0. The third-order valence-corrected chi connectivity index (χ3v) is 1.84. The number of rotatable bonds is 0. The molecule has 1 rings (SSSR count). The Labute approximate surface area is 76.3 Å². The van der Waals surface area contributed by atoms with Gasteiger partial charge >= 0.3 is 0 Å². The molecule has 0 bridgehead atoms. The molecule has 0 aliphatic carbocycles. The van der Waals surface area contributed by atoms with Crippen molar-refractivity contribution in [3.63, 3.8) is 0 Å². The van der Waals surface area contributed by atoms with Gasteiger partial charge < -0.3 is 0 Å². The van der Waals surface area contributed by atoms with Gasteiger partial charge in [-0.1, -0.05) is 12.1 Å². The molecule has 0 aromatic heterocycles. The van der Waals surface area contributed by atoms with Gasteiger partial charge in [0, 0.05) is 26.9 Å². The molecule has 3 heteroatoms. The molecule has 0 spiro atoms. The van der Waals surface area contributed by atoms with E-state index < -0.39 is 0 Å². The molecule has 1 aromatic rings. The summed E-state index contributed by atoms with van der Waals surface area (Å²) in [6, 6.07) is 7.68. The monoisotopic (exact) mass is 205 g/mol. The van der Waals surface area contributed by atoms with Gasteiger partial charge in [-0.05, 0) is 12.1 Å². The Balaban J connectivity index is 0.000000640. The molecule has 0 aliphatic rings. The summed E-state index contributed by atoms with van der Waals surface area (Å²) < 4.78 is 0. The van der Waals surface area contributed by atoms with Crippen LogP contribution in [0.5, 0.6) is 0 Å². The Morgan fingerprint density at radius 3 is 1.44 bits per heavy atom. The van der Waals surface area contributed by atoms with Crippen LogP contribution in [0, 0.1) is 0 Å². The summed E-state index contributed by atoms with van der Waals surface area (Å²) in [6.45, 7) is 0. The summed E-state index contributed by atoms with van der Waals surface area (Å²) in [5.74, 6) is 0. The number of hydrogen-bond donors (Lipinski definition) is 2. The normalized spacial score (nSPS) is 8.22. The minimum Gasteiger partial charge on any atom is -0.142 e. The van der Waals surface area contributed by atoms with E-state index in [0.29, 0.717) is 0 Å². The van der Waals surface area contributed by atoms with Crippen LogP contribution in [0.3, 0.4) is 0 Å². The number of thiol groups is 2. The molecule has 1 aromatic carbocycles. The van der Waals surface area contributed by atoms with Crippen LogP contribution >= 0.6 is 25.3 Å². The van der Waals surface area contributed by atoms with Gasteiger partial charge in [-0.15, -0.1) is 25.3 Å². The average Bonchev–Trinajstić information content (AvgIpc) is 1.77. The summed E-state index contributed by atoms with van der Waals surface area (Å²) in [5, 5.41) is 0. The van der Waals surface area contributed by atoms with E-state index in [4.69, 9.17) is 0 Å². The maximum absolute atomic E-state index is 4.12. The third-order valence-electron chi connectivity index (χ3n) is 0.882. The second-order valence-electron chi connectivity index (χ2n) is 1.49. The van der Waals surface area contributed by atoms with Crippen molar-refractivity contribution in [2.24, 2.45) is 0 Å². The Morgan fingerprint density at radius 2 is 1.22 bits per heavy atom. The minimum absolute atomic E-state index is 0. The van der Waals surface area contributed by atoms with Gasteiger partial charge in [0.15, 0.2) is 0 Å². The van der Waals surface area contributed by atoms with Crippen molar-refractivity contribution < 1.29 is 17.1 Å². The topological polar surface area (TPSA) is 0 Å². The molecular formula is C6H6CuS2. The summed E-state index contributed by atoms with van der Waals surface area (Å²) in [4.78, 5) is 1.85. The minimum atomic E-state index is 0. The second kappa shape index (κ2) is 4.29. The van der Waals surface area contributed by atoms with E-state index in [1.807, 2.05) is 24.3 Å². The van der Waals surface area contributed by atoms with E-state index in [2.05, 4.69) is 25.3 Å². The third kappa shape index (κ3) is 2.67. The molecule has 53 valence electrons. The molecule has 0 heterocycles. The smallest absolute Gasteiger partial charge is 0.0174 e. The van der Waals surface area contributed by atoms with Gasteiger partial charge in [0.25, 0.3) is 0 Å². The Bertz CT molecular complexity index is 167. The first-order valence-electron chi connectivity index (χ1n) is 2.27. The Kier molecular flexibility index (Phi) is 4.50. The molecule has 0 amide bonds. The second-order valence-corrected chi connectivity index (χ2v) is 2.45. The van der Waals surface area contributed by atoms with Crippen molar-refractivity contribution >= 4 is 25.3 Å². The Hall–Kier alpha value is 0.439. The predicted octanol–water partition coefficient (Wildman–Crippen LogP) is 2.26. The van der Waals surface area contributed by atoms with Crippen LogP contribution in [0.15, 0.2) is 34.1 Å². The molecule has 0 atom stereocenters. The molecule has 0 saturated carbocycles. The SMILES string of the molecule is Sc1ccccc1S.[Cu]. The van der Waals surface area contributed by atoms with Crippen LogP contribution in [-0.2, 0) is 17.1 Å². The van der Waals surface area contributed by atoms with E-state index >= 15 is 0 Å². The molecule has 0 aliphatic heterocycles. The molecule has 1 radical (unpaired) electrons. The molecular weight excluding hydrogens is 200 g/mol. The fourth-order valence-electron chi connectivity index (χ4n) is 0.464. The van der Waals surface area contributed by atoms with Crippen LogP contribution in [-0.4, -0.2) is 0 Å². The molecule has 0 unspecified atom stereocenters. The van der Waals surface area contributed by atoms with Crippen molar-refractivity contribution in [2.45, 2.75) is 9.79 Å². The fourth-order valence-corrected chi connectivity index (χ4v) is 0.785. The summed E-state index contributed by atoms with van der Waals surface area (Å²) in [5.41, 5.74) is 0. The molecule has 9 heavy (non-hydrogen) atoms. The van der Waals surface area contributed by atoms with Gasteiger partial charge in [0.05, 0.1) is 0 Å². The van der Waals surface area contributed by atoms with E-state index in [9.17, 15) is 0 Å². The Morgan fingerprint density at radius 1 is 0.889 bits per heavy atom. The van der Waals surface area contributed by atoms with Gasteiger partial charge in [-0.3, -0.25) is 0 Å². The molecule has 0 N–H and O–H groups in total. The van der Waals surface area contributed by atoms with Gasteiger partial charge in [0.1, 0.15) is 0 Å². The number of hydrogen-bond acceptors (Lipinski definition) is 2. The van der Waals surface area contributed by atoms with Crippen molar-refractivity contribution in [3.8, 4) is 0 Å². The first-order chi connectivity index (χ1) is 3.80. The largest absolute Gasteiger partial charge is 0.142 e. The van der Waals surface area contributed by atoms with Crippen molar-refractivity contribution in [1.82, 2.24) is 0 Å². The van der Waals surface area contributed by atoms with Gasteiger partial charge in [-0.2, -0.15) is 0 Å². The van der Waals surface area contributed by atoms with Crippen molar-refractivity contribution in [2.75, 3.05) is 0 Å². The predicted molar refractivity (Wildman–Crippen MR) is 40.9 cm³/mol. The standard InChI is InChI=1S/C6H6S2.Cu/c7-5-3-1-2-4-6(5)8;/h1-4,7-8H;. The van der Waals surface area contributed by atoms with E-state index in [0.717, 1.165) is 9.79 Å². The van der Waals surface area contributed by atoms with E-state index in [1.54, 1.807) is 0 Å². The first-order valence-corrected chi connectivity index (χ1v) is 3.17. The van der Waals surface area contributed by atoms with Crippen molar-refractivity contribution in [3.05, 3.63) is 24.3 Å². The quantitative estimate of drug-likeness (QED) is 0.471. The molecule has 0 nitrogen and oxygen atoms in total. The van der Waals surface area contributed by atoms with Crippen LogP contribution < -0.4 is 0 Å². The average molecular weight is 206 g/mol. The van der Waals surface area contributed by atoms with Crippen LogP contribution in [0.1, 0.15) is 0 Å². The van der Waals surface area contributed by atoms with Crippen LogP contribution in [0.2, 0.25) is 0 Å². The number of benzene rings is 1. The van der Waals surface area contributed by atoms with E-state index in [1.165, 1.54) is 0 Å². The molecule has 0 fully saturated rings. The zero-order valence-electron chi connectivity index (χ0n) is 4.51. The maximum atomic E-state index is 4.12. The fraction of sp³-hybridized carbons (Fsp3) is 0. The maximum Gasteiger partial charge on any atom is 0.0174 e. The van der Waals surface area contributed by atoms with E-state index in [-0.39, 0.29) is 17.1 Å².